The number of H-pyrrole nitrogens is 1. The van der Waals surface area contributed by atoms with Crippen LogP contribution in [0.15, 0.2) is 41.3 Å². The fourth-order valence-corrected chi connectivity index (χ4v) is 1.81. The molecule has 78 valence electrons. The molecule has 0 aliphatic heterocycles. The van der Waals surface area contributed by atoms with Gasteiger partial charge in [-0.05, 0) is 17.7 Å². The first-order valence-corrected chi connectivity index (χ1v) is 6.45. The van der Waals surface area contributed by atoms with Crippen molar-refractivity contribution in [1.29, 1.82) is 0 Å². The lowest BCUT2D eigenvalue weighted by Gasteiger charge is -1.89. The Kier molecular flexibility index (Phi) is 3.77. The van der Waals surface area contributed by atoms with Crippen molar-refractivity contribution in [3.8, 4) is 0 Å². The van der Waals surface area contributed by atoms with Gasteiger partial charge in [0.05, 0.1) is 11.4 Å². The van der Waals surface area contributed by atoms with E-state index in [2.05, 4.69) is 39.4 Å². The number of aromatic nitrogens is 2. The van der Waals surface area contributed by atoms with Crippen molar-refractivity contribution in [2.75, 3.05) is 0 Å². The minimum Gasteiger partial charge on any atom is -0.278 e. The molecule has 2 aromatic rings. The summed E-state index contributed by atoms with van der Waals surface area (Å²) in [4.78, 5) is 2.12. The summed E-state index contributed by atoms with van der Waals surface area (Å²) in [6.45, 7) is 0. The average molecular weight is 224 g/mol. The van der Waals surface area contributed by atoms with Crippen LogP contribution in [0, 0.1) is 0 Å². The molecule has 0 fully saturated rings. The van der Waals surface area contributed by atoms with E-state index in [1.807, 2.05) is 30.3 Å². The van der Waals surface area contributed by atoms with E-state index in [0.29, 0.717) is 0 Å². The van der Waals surface area contributed by atoms with Gasteiger partial charge in [-0.25, -0.2) is 0 Å². The molecular formula is C13H13AlN2. The number of rotatable bonds is 3. The Morgan fingerprint density at radius 3 is 2.62 bits per heavy atom. The largest absolute Gasteiger partial charge is 0.278 e. The van der Waals surface area contributed by atoms with Crippen LogP contribution >= 0.6 is 0 Å². The van der Waals surface area contributed by atoms with E-state index in [0.717, 1.165) is 27.7 Å². The van der Waals surface area contributed by atoms with Crippen molar-refractivity contribution in [2.24, 2.45) is 0 Å². The zero-order valence-electron chi connectivity index (χ0n) is 9.22. The molecule has 0 amide bonds. The number of benzene rings is 1. The van der Waals surface area contributed by atoms with E-state index in [-0.39, 0.29) is 0 Å². The number of nitrogens with zero attached hydrogens (tertiary/aromatic N) is 1. The number of nitrogens with one attached hydrogen (secondary N) is 1. The summed E-state index contributed by atoms with van der Waals surface area (Å²) in [6.07, 6.45) is 6.12. The average Bonchev–Trinajstić information content (AvgIpc) is 2.76. The lowest BCUT2D eigenvalue weighted by Crippen LogP contribution is -1.72. The van der Waals surface area contributed by atoms with Gasteiger partial charge < -0.3 is 0 Å². The van der Waals surface area contributed by atoms with Gasteiger partial charge >= 0.3 is 0 Å². The predicted molar refractivity (Wildman–Crippen MR) is 71.5 cm³/mol. The molecule has 0 bridgehead atoms. The van der Waals surface area contributed by atoms with Gasteiger partial charge in [0.25, 0.3) is 0 Å². The number of hydrogen-bond acceptors (Lipinski definition) is 1. The Morgan fingerprint density at radius 2 is 1.88 bits per heavy atom. The van der Waals surface area contributed by atoms with Crippen LogP contribution in [0.5, 0.6) is 0 Å². The van der Waals surface area contributed by atoms with Gasteiger partial charge in [-0.2, -0.15) is 10.0 Å². The number of hydrogen-bond donors (Lipinski definition) is 1. The van der Waals surface area contributed by atoms with Crippen LogP contribution in [0.2, 0.25) is 0 Å². The SMILES string of the molecule is [AlH2]/[CH]=C/c1cc(/C=C/c2ccccc2)n[nH]1. The number of aromatic amines is 1. The molecule has 1 N–H and O–H groups in total. The highest BCUT2D eigenvalue weighted by atomic mass is 27.0. The van der Waals surface area contributed by atoms with Gasteiger partial charge in [0.15, 0.2) is 0 Å². The van der Waals surface area contributed by atoms with Crippen molar-refractivity contribution < 1.29 is 0 Å². The fraction of sp³-hybridized carbons (Fsp3) is 0. The van der Waals surface area contributed by atoms with Crippen LogP contribution in [-0.2, 0) is 0 Å². The van der Waals surface area contributed by atoms with E-state index < -0.39 is 0 Å². The third-order valence-corrected chi connectivity index (χ3v) is 2.54. The molecule has 0 unspecified atom stereocenters. The van der Waals surface area contributed by atoms with E-state index in [4.69, 9.17) is 0 Å². The van der Waals surface area contributed by atoms with Crippen LogP contribution in [0.4, 0.5) is 0 Å². The molecule has 1 aromatic heterocycles. The van der Waals surface area contributed by atoms with E-state index in [1.54, 1.807) is 0 Å². The molecule has 2 rings (SSSR count). The smallest absolute Gasteiger partial charge is 0.246 e. The molecule has 16 heavy (non-hydrogen) atoms. The molecule has 0 aliphatic carbocycles. The standard InChI is InChI=1S/C13H11N2.Al.2H/c1-2-12-10-13(15-14-12)9-8-11-6-4-3-5-7-11;;;/h1-10H,(H,14,15);;;/b2-1?,9-8+;;;. The molecule has 1 heterocycles. The first kappa shape index (κ1) is 10.9. The van der Waals surface area contributed by atoms with E-state index >= 15 is 0 Å². The maximum absolute atomic E-state index is 4.20. The summed E-state index contributed by atoms with van der Waals surface area (Å²) < 4.78 is 0. The van der Waals surface area contributed by atoms with Gasteiger partial charge in [-0.1, -0.05) is 42.5 Å². The molecule has 0 atom stereocenters. The van der Waals surface area contributed by atoms with Crippen LogP contribution in [0.1, 0.15) is 17.0 Å². The highest BCUT2D eigenvalue weighted by Gasteiger charge is 1.93. The van der Waals surface area contributed by atoms with Gasteiger partial charge in [-0.15, -0.1) is 0 Å². The molecule has 0 saturated heterocycles. The molecular weight excluding hydrogens is 211 g/mol. The first-order chi connectivity index (χ1) is 7.88. The maximum atomic E-state index is 4.20. The van der Waals surface area contributed by atoms with Crippen LogP contribution in [0.25, 0.3) is 18.2 Å². The van der Waals surface area contributed by atoms with Gasteiger partial charge in [-0.3, -0.25) is 5.10 Å². The van der Waals surface area contributed by atoms with Crippen LogP contribution < -0.4 is 0 Å². The topological polar surface area (TPSA) is 28.7 Å². The van der Waals surface area contributed by atoms with E-state index in [1.165, 1.54) is 5.56 Å². The predicted octanol–water partition coefficient (Wildman–Crippen LogP) is 2.18. The summed E-state index contributed by atoms with van der Waals surface area (Å²) in [5.74, 6) is 0. The Hall–Kier alpha value is -1.56. The summed E-state index contributed by atoms with van der Waals surface area (Å²) in [7, 11) is 0. The maximum Gasteiger partial charge on any atom is 0.246 e. The van der Waals surface area contributed by atoms with Gasteiger partial charge in [0.1, 0.15) is 0 Å². The summed E-state index contributed by atoms with van der Waals surface area (Å²) >= 11 is 1.07. The second-order valence-corrected chi connectivity index (χ2v) is 4.16. The lowest BCUT2D eigenvalue weighted by atomic mass is 10.2. The summed E-state index contributed by atoms with van der Waals surface area (Å²) in [5, 5.41) is 7.18. The molecule has 2 nitrogen and oxygen atoms in total. The molecule has 1 aromatic carbocycles. The second kappa shape index (κ2) is 5.51. The molecule has 0 spiro atoms. The third kappa shape index (κ3) is 2.96. The van der Waals surface area contributed by atoms with E-state index in [9.17, 15) is 0 Å². The Morgan fingerprint density at radius 1 is 1.06 bits per heavy atom. The highest BCUT2D eigenvalue weighted by Crippen LogP contribution is 2.07. The minimum absolute atomic E-state index is 0.957. The lowest BCUT2D eigenvalue weighted by molar-refractivity contribution is 1.07. The van der Waals surface area contributed by atoms with Crippen LogP contribution in [0.3, 0.4) is 0 Å². The van der Waals surface area contributed by atoms with Crippen molar-refractivity contribution in [1.82, 2.24) is 10.2 Å². The van der Waals surface area contributed by atoms with Crippen molar-refractivity contribution in [3.63, 3.8) is 0 Å². The molecule has 0 aliphatic rings. The van der Waals surface area contributed by atoms with Gasteiger partial charge in [0, 0.05) is 0 Å². The summed E-state index contributed by atoms with van der Waals surface area (Å²) in [5.41, 5.74) is 3.20. The zero-order valence-corrected chi connectivity index (χ0v) is 11.2. The Balaban J connectivity index is 2.12. The second-order valence-electron chi connectivity index (χ2n) is 3.49. The molecule has 0 saturated carbocycles. The fourth-order valence-electron chi connectivity index (χ4n) is 1.45. The van der Waals surface area contributed by atoms with Crippen molar-refractivity contribution in [3.05, 3.63) is 58.3 Å². The summed E-state index contributed by atoms with van der Waals surface area (Å²) in [6, 6.07) is 12.2. The monoisotopic (exact) mass is 224 g/mol. The molecule has 0 radical (unpaired) electrons. The van der Waals surface area contributed by atoms with Crippen LogP contribution in [-0.4, -0.2) is 26.5 Å². The van der Waals surface area contributed by atoms with Crippen molar-refractivity contribution in [2.45, 2.75) is 0 Å². The zero-order chi connectivity index (χ0) is 11.2. The minimum atomic E-state index is 0.957. The normalized spacial score (nSPS) is 11.5. The van der Waals surface area contributed by atoms with Gasteiger partial charge in [0.2, 0.25) is 16.3 Å². The Labute approximate surface area is 103 Å². The third-order valence-electron chi connectivity index (χ3n) is 2.21. The quantitative estimate of drug-likeness (QED) is 0.795. The van der Waals surface area contributed by atoms with Crippen molar-refractivity contribution >= 4 is 34.5 Å². The Bertz CT molecular complexity index is 498. The first-order valence-electron chi connectivity index (χ1n) is 5.30. The molecule has 3 heteroatoms. The highest BCUT2D eigenvalue weighted by molar-refractivity contribution is 6.19.